The molecule has 3 rings (SSSR count). The number of hydrogen-bond donors (Lipinski definition) is 2. The van der Waals surface area contributed by atoms with E-state index in [0.717, 1.165) is 17.1 Å². The van der Waals surface area contributed by atoms with Gasteiger partial charge in [-0.25, -0.2) is 0 Å². The molecule has 0 aromatic heterocycles. The lowest BCUT2D eigenvalue weighted by Crippen LogP contribution is -2.37. The lowest BCUT2D eigenvalue weighted by Gasteiger charge is -2.16. The van der Waals surface area contributed by atoms with Crippen molar-refractivity contribution in [3.8, 4) is 17.2 Å². The Labute approximate surface area is 151 Å². The lowest BCUT2D eigenvalue weighted by atomic mass is 10.2. The second kappa shape index (κ2) is 7.63. The molecular formula is C18H19ClN2O4. The monoisotopic (exact) mass is 362 g/mol. The number of carbonyl (C=O) groups is 1. The fraction of sp³-hybridized carbons (Fsp3) is 0.278. The molecule has 6 nitrogen and oxygen atoms in total. The van der Waals surface area contributed by atoms with Gasteiger partial charge in [0, 0.05) is 11.6 Å². The third kappa shape index (κ3) is 4.15. The second-order valence-corrected chi connectivity index (χ2v) is 6.06. The maximum Gasteiger partial charge on any atom is 0.241 e. The molecule has 2 aromatic carbocycles. The molecule has 1 amide bonds. The average molecular weight is 363 g/mol. The smallest absolute Gasteiger partial charge is 0.241 e. The highest BCUT2D eigenvalue weighted by Gasteiger charge is 2.17. The third-order valence-corrected chi connectivity index (χ3v) is 4.10. The third-order valence-electron chi connectivity index (χ3n) is 3.86. The Morgan fingerprint density at radius 3 is 2.84 bits per heavy atom. The first-order valence-corrected chi connectivity index (χ1v) is 8.21. The topological polar surface area (TPSA) is 68.8 Å². The Morgan fingerprint density at radius 2 is 2.04 bits per heavy atom. The largest absolute Gasteiger partial charge is 0.495 e. The SMILES string of the molecule is COc1ccc(Cl)cc1NC(=O)[C@@H](C)NCc1ccc2c(c1)OCO2. The highest BCUT2D eigenvalue weighted by Crippen LogP contribution is 2.32. The van der Waals surface area contributed by atoms with E-state index >= 15 is 0 Å². The number of fused-ring (bicyclic) bond motifs is 1. The number of rotatable bonds is 6. The molecule has 0 radical (unpaired) electrons. The van der Waals surface area contributed by atoms with E-state index in [1.54, 1.807) is 32.2 Å². The summed E-state index contributed by atoms with van der Waals surface area (Å²) in [5.41, 5.74) is 1.54. The van der Waals surface area contributed by atoms with Crippen LogP contribution in [0.2, 0.25) is 5.02 Å². The lowest BCUT2D eigenvalue weighted by molar-refractivity contribution is -0.117. The molecule has 1 atom stereocenters. The summed E-state index contributed by atoms with van der Waals surface area (Å²) in [6.45, 7) is 2.56. The molecular weight excluding hydrogens is 344 g/mol. The molecule has 7 heteroatoms. The molecule has 0 unspecified atom stereocenters. The average Bonchev–Trinajstić information content (AvgIpc) is 3.07. The van der Waals surface area contributed by atoms with E-state index in [1.165, 1.54) is 0 Å². The van der Waals surface area contributed by atoms with Gasteiger partial charge in [-0.2, -0.15) is 0 Å². The Balaban J connectivity index is 1.59. The Hall–Kier alpha value is -2.44. The molecule has 2 aromatic rings. The predicted octanol–water partition coefficient (Wildman–Crippen LogP) is 3.19. The van der Waals surface area contributed by atoms with Gasteiger partial charge in [-0.1, -0.05) is 17.7 Å². The first-order valence-electron chi connectivity index (χ1n) is 7.83. The summed E-state index contributed by atoms with van der Waals surface area (Å²) in [7, 11) is 1.54. The van der Waals surface area contributed by atoms with Crippen molar-refractivity contribution in [1.29, 1.82) is 0 Å². The minimum absolute atomic E-state index is 0.179. The molecule has 0 spiro atoms. The molecule has 132 valence electrons. The molecule has 0 bridgehead atoms. The van der Waals surface area contributed by atoms with Gasteiger partial charge in [0.25, 0.3) is 0 Å². The summed E-state index contributed by atoms with van der Waals surface area (Å²) < 4.78 is 15.9. The molecule has 25 heavy (non-hydrogen) atoms. The van der Waals surface area contributed by atoms with Gasteiger partial charge in [-0.05, 0) is 42.8 Å². The van der Waals surface area contributed by atoms with E-state index in [1.807, 2.05) is 18.2 Å². The minimum Gasteiger partial charge on any atom is -0.495 e. The van der Waals surface area contributed by atoms with Crippen molar-refractivity contribution < 1.29 is 19.0 Å². The maximum absolute atomic E-state index is 12.4. The normalized spacial score (nSPS) is 13.4. The van der Waals surface area contributed by atoms with Crippen LogP contribution in [0.4, 0.5) is 5.69 Å². The van der Waals surface area contributed by atoms with E-state index in [2.05, 4.69) is 10.6 Å². The Morgan fingerprint density at radius 1 is 1.24 bits per heavy atom. The summed E-state index contributed by atoms with van der Waals surface area (Å²) in [4.78, 5) is 12.4. The van der Waals surface area contributed by atoms with Crippen LogP contribution in [0.3, 0.4) is 0 Å². The highest BCUT2D eigenvalue weighted by atomic mass is 35.5. The van der Waals surface area contributed by atoms with E-state index in [0.29, 0.717) is 23.0 Å². The second-order valence-electron chi connectivity index (χ2n) is 5.62. The van der Waals surface area contributed by atoms with E-state index in [9.17, 15) is 4.79 Å². The van der Waals surface area contributed by atoms with Crippen LogP contribution in [0.25, 0.3) is 0 Å². The van der Waals surface area contributed by atoms with Crippen molar-refractivity contribution in [2.24, 2.45) is 0 Å². The fourth-order valence-corrected chi connectivity index (χ4v) is 2.61. The van der Waals surface area contributed by atoms with Gasteiger partial charge in [-0.3, -0.25) is 4.79 Å². The Bertz CT molecular complexity index is 782. The quantitative estimate of drug-likeness (QED) is 0.826. The van der Waals surface area contributed by atoms with Gasteiger partial charge in [0.05, 0.1) is 18.8 Å². The van der Waals surface area contributed by atoms with Gasteiger partial charge >= 0.3 is 0 Å². The molecule has 0 saturated carbocycles. The number of methoxy groups -OCH3 is 1. The number of anilines is 1. The molecule has 2 N–H and O–H groups in total. The summed E-state index contributed by atoms with van der Waals surface area (Å²) in [6, 6.07) is 10.4. The van der Waals surface area contributed by atoms with Crippen LogP contribution < -0.4 is 24.8 Å². The molecule has 0 aliphatic carbocycles. The van der Waals surface area contributed by atoms with Crippen LogP contribution in [-0.4, -0.2) is 25.9 Å². The van der Waals surface area contributed by atoms with Gasteiger partial charge < -0.3 is 24.8 Å². The molecule has 1 aliphatic heterocycles. The number of ether oxygens (including phenoxy) is 3. The standard InChI is InChI=1S/C18H19ClN2O4/c1-11(18(22)21-14-8-13(19)4-6-15(14)23-2)20-9-12-3-5-16-17(7-12)25-10-24-16/h3-8,11,20H,9-10H2,1-2H3,(H,21,22)/t11-/m1/s1. The molecule has 0 fully saturated rings. The van der Waals surface area contributed by atoms with Gasteiger partial charge in [-0.15, -0.1) is 0 Å². The van der Waals surface area contributed by atoms with Gasteiger partial charge in [0.1, 0.15) is 5.75 Å². The van der Waals surface area contributed by atoms with Gasteiger partial charge in [0.15, 0.2) is 11.5 Å². The Kier molecular flexibility index (Phi) is 5.31. The predicted molar refractivity (Wildman–Crippen MR) is 95.5 cm³/mol. The number of hydrogen-bond acceptors (Lipinski definition) is 5. The summed E-state index contributed by atoms with van der Waals surface area (Å²) >= 11 is 5.98. The zero-order valence-electron chi connectivity index (χ0n) is 14.0. The summed E-state index contributed by atoms with van der Waals surface area (Å²) in [5.74, 6) is 1.84. The highest BCUT2D eigenvalue weighted by molar-refractivity contribution is 6.31. The summed E-state index contributed by atoms with van der Waals surface area (Å²) in [6.07, 6.45) is 0. The van der Waals surface area contributed by atoms with Crippen molar-refractivity contribution >= 4 is 23.2 Å². The number of halogens is 1. The van der Waals surface area contributed by atoms with Crippen LogP contribution in [-0.2, 0) is 11.3 Å². The molecule has 1 heterocycles. The van der Waals surface area contributed by atoms with Crippen molar-refractivity contribution in [3.63, 3.8) is 0 Å². The van der Waals surface area contributed by atoms with E-state index < -0.39 is 6.04 Å². The number of nitrogens with one attached hydrogen (secondary N) is 2. The molecule has 0 saturated heterocycles. The van der Waals surface area contributed by atoms with Crippen molar-refractivity contribution in [2.75, 3.05) is 19.2 Å². The fourth-order valence-electron chi connectivity index (χ4n) is 2.43. The van der Waals surface area contributed by atoms with Crippen LogP contribution in [0.15, 0.2) is 36.4 Å². The van der Waals surface area contributed by atoms with E-state index in [-0.39, 0.29) is 12.7 Å². The number of carbonyl (C=O) groups excluding carboxylic acids is 1. The van der Waals surface area contributed by atoms with Crippen molar-refractivity contribution in [2.45, 2.75) is 19.5 Å². The number of amides is 1. The first kappa shape index (κ1) is 17.4. The summed E-state index contributed by atoms with van der Waals surface area (Å²) in [5, 5.41) is 6.53. The van der Waals surface area contributed by atoms with Crippen molar-refractivity contribution in [3.05, 3.63) is 47.0 Å². The number of benzene rings is 2. The van der Waals surface area contributed by atoms with Crippen LogP contribution in [0.1, 0.15) is 12.5 Å². The van der Waals surface area contributed by atoms with Gasteiger partial charge in [0.2, 0.25) is 12.7 Å². The van der Waals surface area contributed by atoms with Crippen LogP contribution >= 0.6 is 11.6 Å². The van der Waals surface area contributed by atoms with Crippen LogP contribution in [0.5, 0.6) is 17.2 Å². The minimum atomic E-state index is -0.408. The van der Waals surface area contributed by atoms with Crippen molar-refractivity contribution in [1.82, 2.24) is 5.32 Å². The zero-order valence-corrected chi connectivity index (χ0v) is 14.7. The molecule has 1 aliphatic rings. The first-order chi connectivity index (χ1) is 12.1. The van der Waals surface area contributed by atoms with E-state index in [4.69, 9.17) is 25.8 Å². The van der Waals surface area contributed by atoms with Crippen LogP contribution in [0, 0.1) is 0 Å². The maximum atomic E-state index is 12.4. The zero-order chi connectivity index (χ0) is 17.8.